The summed E-state index contributed by atoms with van der Waals surface area (Å²) in [6, 6.07) is 74.8. The third-order valence-corrected chi connectivity index (χ3v) is 13.1. The molecule has 0 aliphatic carbocycles. The topological polar surface area (TPSA) is 61.7 Å². The summed E-state index contributed by atoms with van der Waals surface area (Å²) in [5, 5.41) is 11.1. The molecule has 14 aromatic rings. The molecule has 0 atom stereocenters. The van der Waals surface area contributed by atoms with Crippen LogP contribution in [0.2, 0.25) is 0 Å². The van der Waals surface area contributed by atoms with Gasteiger partial charge in [0.15, 0.2) is 23.1 Å². The first kappa shape index (κ1) is 35.7. The van der Waals surface area contributed by atoms with Gasteiger partial charge in [0.1, 0.15) is 5.58 Å². The molecule has 0 N–H and O–H groups in total. The normalized spacial score (nSPS) is 12.0. The number of benzene rings is 10. The summed E-state index contributed by atoms with van der Waals surface area (Å²) < 4.78 is 11.7. The quantitative estimate of drug-likeness (QED) is 0.173. The van der Waals surface area contributed by atoms with Crippen molar-refractivity contribution >= 4 is 87.1 Å². The maximum atomic E-state index is 7.00. The molecule has 0 saturated heterocycles. The van der Waals surface area contributed by atoms with E-state index in [-0.39, 0.29) is 0 Å². The predicted molar refractivity (Wildman–Crippen MR) is 267 cm³/mol. The van der Waals surface area contributed by atoms with Crippen LogP contribution in [0.4, 0.5) is 0 Å². The molecule has 0 spiro atoms. The molecular formula is C59H35N5O. The Balaban J connectivity index is 1.08. The fourth-order valence-electron chi connectivity index (χ4n) is 10.3. The molecule has 0 fully saturated rings. The van der Waals surface area contributed by atoms with Crippen LogP contribution < -0.4 is 0 Å². The Morgan fingerprint density at radius 2 is 0.877 bits per heavy atom. The average Bonchev–Trinajstić information content (AvgIpc) is 4.03. The Kier molecular flexibility index (Phi) is 7.59. The molecule has 6 nitrogen and oxygen atoms in total. The van der Waals surface area contributed by atoms with Crippen molar-refractivity contribution in [1.29, 1.82) is 0 Å². The third kappa shape index (κ3) is 5.31. The fourth-order valence-corrected chi connectivity index (χ4v) is 10.3. The number of hydrogen-bond donors (Lipinski definition) is 0. The van der Waals surface area contributed by atoms with E-state index >= 15 is 0 Å². The third-order valence-electron chi connectivity index (χ3n) is 13.1. The van der Waals surface area contributed by atoms with Gasteiger partial charge >= 0.3 is 0 Å². The van der Waals surface area contributed by atoms with Gasteiger partial charge in [-0.15, -0.1) is 0 Å². The number of furan rings is 1. The second-order valence-electron chi connectivity index (χ2n) is 16.7. The van der Waals surface area contributed by atoms with Gasteiger partial charge in [0.25, 0.3) is 0 Å². The SMILES string of the molecule is c1ccc(-n2c3ccccc3c3c(-c4nc(-c5cccc6ccccc56)nc(-c5ccc(-n6c7ccccc7c7cc8ccccc8cc76)c6oc7ccccc7c56)n4)cccc32)cc1. The molecule has 4 heterocycles. The Hall–Kier alpha value is -8.87. The zero-order chi connectivity index (χ0) is 42.6. The molecule has 0 aliphatic rings. The monoisotopic (exact) mass is 829 g/mol. The minimum absolute atomic E-state index is 0.568. The van der Waals surface area contributed by atoms with E-state index in [1.807, 2.05) is 12.1 Å². The van der Waals surface area contributed by atoms with Crippen LogP contribution in [0.1, 0.15) is 0 Å². The summed E-state index contributed by atoms with van der Waals surface area (Å²) in [6.07, 6.45) is 0. The number of nitrogens with zero attached hydrogens (tertiary/aromatic N) is 5. The number of para-hydroxylation sites is 4. The minimum atomic E-state index is 0.568. The summed E-state index contributed by atoms with van der Waals surface area (Å²) in [6.45, 7) is 0. The minimum Gasteiger partial charge on any atom is -0.454 e. The number of aromatic nitrogens is 5. The van der Waals surface area contributed by atoms with Gasteiger partial charge in [-0.3, -0.25) is 0 Å². The molecule has 0 amide bonds. The molecule has 65 heavy (non-hydrogen) atoms. The van der Waals surface area contributed by atoms with E-state index in [1.54, 1.807) is 0 Å². The van der Waals surface area contributed by atoms with E-state index < -0.39 is 0 Å². The first-order valence-corrected chi connectivity index (χ1v) is 21.9. The summed E-state index contributed by atoms with van der Waals surface area (Å²) in [4.78, 5) is 16.3. The lowest BCUT2D eigenvalue weighted by Crippen LogP contribution is -2.02. The first-order chi connectivity index (χ1) is 32.2. The molecule has 0 bridgehead atoms. The fraction of sp³-hybridized carbons (Fsp3) is 0. The van der Waals surface area contributed by atoms with E-state index in [0.717, 1.165) is 93.6 Å². The van der Waals surface area contributed by atoms with Crippen molar-refractivity contribution in [2.45, 2.75) is 0 Å². The van der Waals surface area contributed by atoms with Crippen molar-refractivity contribution in [3.8, 4) is 45.5 Å². The maximum absolute atomic E-state index is 7.00. The van der Waals surface area contributed by atoms with Crippen LogP contribution in [0.25, 0.3) is 133 Å². The second kappa shape index (κ2) is 13.8. The maximum Gasteiger partial charge on any atom is 0.164 e. The van der Waals surface area contributed by atoms with Crippen LogP contribution in [-0.2, 0) is 0 Å². The second-order valence-corrected chi connectivity index (χ2v) is 16.7. The number of fused-ring (bicyclic) bond motifs is 11. The van der Waals surface area contributed by atoms with Crippen molar-refractivity contribution in [1.82, 2.24) is 24.1 Å². The highest BCUT2D eigenvalue weighted by atomic mass is 16.3. The molecule has 4 aromatic heterocycles. The van der Waals surface area contributed by atoms with E-state index in [0.29, 0.717) is 17.5 Å². The van der Waals surface area contributed by atoms with E-state index in [1.165, 1.54) is 21.5 Å². The smallest absolute Gasteiger partial charge is 0.164 e. The van der Waals surface area contributed by atoms with Crippen LogP contribution in [0.5, 0.6) is 0 Å². The Labute approximate surface area is 371 Å². The van der Waals surface area contributed by atoms with Gasteiger partial charge in [0.2, 0.25) is 0 Å². The predicted octanol–water partition coefficient (Wildman–Crippen LogP) is 15.3. The van der Waals surface area contributed by atoms with Gasteiger partial charge in [-0.25, -0.2) is 15.0 Å². The van der Waals surface area contributed by atoms with Crippen molar-refractivity contribution in [3.63, 3.8) is 0 Å². The number of hydrogen-bond acceptors (Lipinski definition) is 4. The summed E-state index contributed by atoms with van der Waals surface area (Å²) in [7, 11) is 0. The van der Waals surface area contributed by atoms with E-state index in [9.17, 15) is 0 Å². The van der Waals surface area contributed by atoms with Gasteiger partial charge in [0, 0.05) is 54.7 Å². The summed E-state index contributed by atoms with van der Waals surface area (Å²) >= 11 is 0. The summed E-state index contributed by atoms with van der Waals surface area (Å²) in [5.74, 6) is 1.77. The van der Waals surface area contributed by atoms with Crippen molar-refractivity contribution in [2.24, 2.45) is 0 Å². The molecule has 0 radical (unpaired) electrons. The highest BCUT2D eigenvalue weighted by molar-refractivity contribution is 6.19. The van der Waals surface area contributed by atoms with Gasteiger partial charge in [-0.1, -0.05) is 152 Å². The van der Waals surface area contributed by atoms with E-state index in [2.05, 4.69) is 209 Å². The summed E-state index contributed by atoms with van der Waals surface area (Å²) in [5.41, 5.74) is 10.8. The van der Waals surface area contributed by atoms with Gasteiger partial charge in [-0.05, 0) is 82.2 Å². The average molecular weight is 830 g/mol. The van der Waals surface area contributed by atoms with Gasteiger partial charge < -0.3 is 13.6 Å². The van der Waals surface area contributed by atoms with Crippen molar-refractivity contribution < 1.29 is 4.42 Å². The van der Waals surface area contributed by atoms with Gasteiger partial charge in [-0.2, -0.15) is 0 Å². The zero-order valence-corrected chi connectivity index (χ0v) is 34.9. The van der Waals surface area contributed by atoms with Crippen molar-refractivity contribution in [2.75, 3.05) is 0 Å². The van der Waals surface area contributed by atoms with Crippen LogP contribution >= 0.6 is 0 Å². The zero-order valence-electron chi connectivity index (χ0n) is 34.9. The lowest BCUT2D eigenvalue weighted by molar-refractivity contribution is 0.666. The van der Waals surface area contributed by atoms with Crippen molar-refractivity contribution in [3.05, 3.63) is 212 Å². The highest BCUT2D eigenvalue weighted by Crippen LogP contribution is 2.44. The molecule has 0 saturated carbocycles. The highest BCUT2D eigenvalue weighted by Gasteiger charge is 2.25. The van der Waals surface area contributed by atoms with Crippen LogP contribution in [0.15, 0.2) is 217 Å². The van der Waals surface area contributed by atoms with E-state index in [4.69, 9.17) is 19.4 Å². The van der Waals surface area contributed by atoms with Crippen LogP contribution in [-0.4, -0.2) is 24.1 Å². The Morgan fingerprint density at radius 3 is 1.68 bits per heavy atom. The van der Waals surface area contributed by atoms with Gasteiger partial charge in [0.05, 0.1) is 27.8 Å². The molecule has 14 rings (SSSR count). The lowest BCUT2D eigenvalue weighted by Gasteiger charge is -2.14. The molecule has 0 unspecified atom stereocenters. The lowest BCUT2D eigenvalue weighted by atomic mass is 10.0. The molecule has 302 valence electrons. The first-order valence-electron chi connectivity index (χ1n) is 21.9. The van der Waals surface area contributed by atoms with Crippen LogP contribution in [0.3, 0.4) is 0 Å². The van der Waals surface area contributed by atoms with Crippen LogP contribution in [0, 0.1) is 0 Å². The molecule has 10 aromatic carbocycles. The standard InChI is InChI=1S/C59H35N5O/c1-2-20-39(21-3-1)63-49-29-12-9-24-43(49)54-45(27-15-30-50(54)63)58-60-57(42-26-14-19-36-16-6-7-22-40(36)42)61-59(62-58)46-32-33-51(56-55(46)44-25-10-13-31-53(44)65-56)64-48-28-11-8-23-41(48)47-34-37-17-4-5-18-38(37)35-52(47)64/h1-35H. The largest absolute Gasteiger partial charge is 0.454 e. The molecule has 6 heteroatoms. The Bertz CT molecular complexity index is 4250. The Morgan fingerprint density at radius 1 is 0.323 bits per heavy atom. The molecular weight excluding hydrogens is 795 g/mol. The number of rotatable bonds is 5. The molecule has 0 aliphatic heterocycles.